The van der Waals surface area contributed by atoms with Crippen LogP contribution in [0.2, 0.25) is 5.02 Å². The van der Waals surface area contributed by atoms with Crippen LogP contribution in [0.3, 0.4) is 0 Å². The number of ether oxygens (including phenoxy) is 1. The molecule has 1 fully saturated rings. The molecule has 0 saturated carbocycles. The van der Waals surface area contributed by atoms with E-state index in [2.05, 4.69) is 10.6 Å². The van der Waals surface area contributed by atoms with Crippen molar-refractivity contribution in [2.24, 2.45) is 0 Å². The molecule has 2 amide bonds. The molecule has 0 bridgehead atoms. The number of anilines is 1. The van der Waals surface area contributed by atoms with Gasteiger partial charge in [0.2, 0.25) is 0 Å². The number of amides is 2. The molecule has 21 heavy (non-hydrogen) atoms. The molecule has 1 aromatic carbocycles. The van der Waals surface area contributed by atoms with Gasteiger partial charge in [0.25, 0.3) is 0 Å². The van der Waals surface area contributed by atoms with E-state index in [1.54, 1.807) is 18.2 Å². The van der Waals surface area contributed by atoms with E-state index in [0.29, 0.717) is 16.5 Å². The number of urea groups is 1. The molecule has 0 aliphatic carbocycles. The molecule has 6 nitrogen and oxygen atoms in total. The first-order valence-electron chi connectivity index (χ1n) is 6.06. The second kappa shape index (κ2) is 6.29. The van der Waals surface area contributed by atoms with Gasteiger partial charge in [-0.25, -0.2) is 13.2 Å². The first kappa shape index (κ1) is 16.2. The average Bonchev–Trinajstić information content (AvgIpc) is 2.64. The number of methoxy groups -OCH3 is 1. The number of hydrogen-bond donors (Lipinski definition) is 2. The number of nitrogens with one attached hydrogen (secondary N) is 2. The first-order chi connectivity index (χ1) is 9.80. The van der Waals surface area contributed by atoms with Crippen molar-refractivity contribution in [2.75, 3.05) is 23.9 Å². The zero-order chi connectivity index (χ0) is 15.6. The molecule has 1 heterocycles. The number of rotatable bonds is 3. The molecule has 1 aromatic rings. The van der Waals surface area contributed by atoms with Crippen LogP contribution < -0.4 is 15.4 Å². The number of carbonyl (C=O) groups is 1. The summed E-state index contributed by atoms with van der Waals surface area (Å²) in [5.74, 6) is 0.266. The third-order valence-electron chi connectivity index (χ3n) is 3.02. The summed E-state index contributed by atoms with van der Waals surface area (Å²) < 4.78 is 27.9. The Labute approximate surface area is 132 Å². The molecular formula is C12H14Cl2N2O4S. The SMILES string of the molecule is COc1ccc(NC(=O)N[C@@H]2CS(=O)(=O)C[C@@H]2Cl)c(Cl)c1. The summed E-state index contributed by atoms with van der Waals surface area (Å²) in [6, 6.07) is 3.61. The Morgan fingerprint density at radius 3 is 2.62 bits per heavy atom. The van der Waals surface area contributed by atoms with Gasteiger partial charge in [0, 0.05) is 6.07 Å². The molecule has 0 spiro atoms. The molecule has 0 unspecified atom stereocenters. The Hall–Kier alpha value is -1.18. The van der Waals surface area contributed by atoms with Gasteiger partial charge >= 0.3 is 6.03 Å². The standard InChI is InChI=1S/C12H14Cl2N2O4S/c1-20-7-2-3-10(8(13)4-7)15-12(17)16-11-6-21(18,19)5-9(11)14/h2-4,9,11H,5-6H2,1H3,(H2,15,16,17)/t9-,11+/m0/s1. The van der Waals surface area contributed by atoms with E-state index < -0.39 is 27.3 Å². The van der Waals surface area contributed by atoms with Gasteiger partial charge in [-0.1, -0.05) is 11.6 Å². The molecule has 1 saturated heterocycles. The monoisotopic (exact) mass is 352 g/mol. The van der Waals surface area contributed by atoms with Crippen molar-refractivity contribution in [3.8, 4) is 5.75 Å². The van der Waals surface area contributed by atoms with Gasteiger partial charge in [0.05, 0.1) is 40.7 Å². The topological polar surface area (TPSA) is 84.5 Å². The fourth-order valence-corrected chi connectivity index (χ4v) is 4.76. The van der Waals surface area contributed by atoms with E-state index in [1.165, 1.54) is 7.11 Å². The summed E-state index contributed by atoms with van der Waals surface area (Å²) >= 11 is 11.9. The first-order valence-corrected chi connectivity index (χ1v) is 8.70. The predicted octanol–water partition coefficient (Wildman–Crippen LogP) is 1.87. The van der Waals surface area contributed by atoms with Crippen molar-refractivity contribution in [3.05, 3.63) is 23.2 Å². The number of sulfone groups is 1. The number of hydrogen-bond acceptors (Lipinski definition) is 4. The van der Waals surface area contributed by atoms with Crippen molar-refractivity contribution in [1.29, 1.82) is 0 Å². The molecule has 1 aliphatic heterocycles. The summed E-state index contributed by atoms with van der Waals surface area (Å²) in [7, 11) is -1.69. The summed E-state index contributed by atoms with van der Waals surface area (Å²) in [5.41, 5.74) is 0.391. The Kier molecular flexibility index (Phi) is 4.85. The van der Waals surface area contributed by atoms with E-state index in [1.807, 2.05) is 0 Å². The van der Waals surface area contributed by atoms with Crippen molar-refractivity contribution in [3.63, 3.8) is 0 Å². The van der Waals surface area contributed by atoms with Gasteiger partial charge in [-0.05, 0) is 12.1 Å². The molecule has 116 valence electrons. The minimum absolute atomic E-state index is 0.136. The van der Waals surface area contributed by atoms with Gasteiger partial charge < -0.3 is 15.4 Å². The summed E-state index contributed by atoms with van der Waals surface area (Å²) in [6.45, 7) is 0. The van der Waals surface area contributed by atoms with Gasteiger partial charge in [0.1, 0.15) is 5.75 Å². The van der Waals surface area contributed by atoms with E-state index in [-0.39, 0.29) is 11.5 Å². The fourth-order valence-electron chi connectivity index (χ4n) is 1.99. The van der Waals surface area contributed by atoms with Crippen LogP contribution in [0.1, 0.15) is 0 Å². The Morgan fingerprint density at radius 2 is 2.10 bits per heavy atom. The Morgan fingerprint density at radius 1 is 1.38 bits per heavy atom. The zero-order valence-corrected chi connectivity index (χ0v) is 13.4. The Balaban J connectivity index is 1.99. The lowest BCUT2D eigenvalue weighted by molar-refractivity contribution is 0.249. The van der Waals surface area contributed by atoms with Crippen molar-refractivity contribution in [1.82, 2.24) is 5.32 Å². The van der Waals surface area contributed by atoms with Crippen LogP contribution in [-0.2, 0) is 9.84 Å². The van der Waals surface area contributed by atoms with E-state index in [9.17, 15) is 13.2 Å². The van der Waals surface area contributed by atoms with Gasteiger partial charge in [-0.2, -0.15) is 0 Å². The fraction of sp³-hybridized carbons (Fsp3) is 0.417. The minimum atomic E-state index is -3.20. The van der Waals surface area contributed by atoms with Gasteiger partial charge in [-0.3, -0.25) is 0 Å². The predicted molar refractivity (Wildman–Crippen MR) is 82.2 cm³/mol. The molecule has 2 atom stereocenters. The number of halogens is 2. The molecule has 1 aliphatic rings. The highest BCUT2D eigenvalue weighted by molar-refractivity contribution is 7.91. The smallest absolute Gasteiger partial charge is 0.319 e. The van der Waals surface area contributed by atoms with Crippen LogP contribution in [0.5, 0.6) is 5.75 Å². The highest BCUT2D eigenvalue weighted by Gasteiger charge is 2.37. The molecule has 9 heteroatoms. The average molecular weight is 353 g/mol. The van der Waals surface area contributed by atoms with E-state index in [4.69, 9.17) is 27.9 Å². The largest absolute Gasteiger partial charge is 0.497 e. The van der Waals surface area contributed by atoms with Crippen LogP contribution in [0.4, 0.5) is 10.5 Å². The Bertz CT molecular complexity index is 651. The second-order valence-corrected chi connectivity index (χ2v) is 7.77. The molecule has 0 radical (unpaired) electrons. The lowest BCUT2D eigenvalue weighted by Crippen LogP contribution is -2.42. The maximum absolute atomic E-state index is 11.9. The molecule has 0 aromatic heterocycles. The second-order valence-electron chi connectivity index (χ2n) is 4.64. The highest BCUT2D eigenvalue weighted by atomic mass is 35.5. The lowest BCUT2D eigenvalue weighted by Gasteiger charge is -2.15. The van der Waals surface area contributed by atoms with Crippen LogP contribution in [0.15, 0.2) is 18.2 Å². The van der Waals surface area contributed by atoms with Gasteiger partial charge in [0.15, 0.2) is 9.84 Å². The van der Waals surface area contributed by atoms with Crippen molar-refractivity contribution in [2.45, 2.75) is 11.4 Å². The minimum Gasteiger partial charge on any atom is -0.497 e. The van der Waals surface area contributed by atoms with Crippen molar-refractivity contribution >= 4 is 44.8 Å². The number of benzene rings is 1. The van der Waals surface area contributed by atoms with E-state index in [0.717, 1.165) is 0 Å². The summed E-state index contributed by atoms with van der Waals surface area (Å²) in [4.78, 5) is 11.9. The number of carbonyl (C=O) groups excluding carboxylic acids is 1. The van der Waals surface area contributed by atoms with Crippen LogP contribution in [-0.4, -0.2) is 44.5 Å². The van der Waals surface area contributed by atoms with Crippen LogP contribution in [0.25, 0.3) is 0 Å². The quantitative estimate of drug-likeness (QED) is 0.813. The van der Waals surface area contributed by atoms with Crippen LogP contribution in [0, 0.1) is 0 Å². The third-order valence-corrected chi connectivity index (χ3v) is 5.71. The molecule has 2 rings (SSSR count). The highest BCUT2D eigenvalue weighted by Crippen LogP contribution is 2.26. The maximum Gasteiger partial charge on any atom is 0.319 e. The van der Waals surface area contributed by atoms with Crippen LogP contribution >= 0.6 is 23.2 Å². The normalized spacial score (nSPS) is 23.6. The third kappa shape index (κ3) is 4.15. The zero-order valence-electron chi connectivity index (χ0n) is 11.1. The maximum atomic E-state index is 11.9. The molecular weight excluding hydrogens is 339 g/mol. The van der Waals surface area contributed by atoms with E-state index >= 15 is 0 Å². The van der Waals surface area contributed by atoms with Gasteiger partial charge in [-0.15, -0.1) is 11.6 Å². The van der Waals surface area contributed by atoms with Crippen molar-refractivity contribution < 1.29 is 17.9 Å². The summed E-state index contributed by atoms with van der Waals surface area (Å²) in [5, 5.41) is 4.76. The molecule has 2 N–H and O–H groups in total. The lowest BCUT2D eigenvalue weighted by atomic mass is 10.2. The summed E-state index contributed by atoms with van der Waals surface area (Å²) in [6.07, 6.45) is 0. The number of alkyl halides is 1.